The molecule has 3 rings (SSSR count). The molecular formula is C20H19ClI2N5O2P. The Morgan fingerprint density at radius 2 is 2.06 bits per heavy atom. The van der Waals surface area contributed by atoms with Gasteiger partial charge in [-0.3, -0.25) is 9.78 Å². The number of ether oxygens (including phenoxy) is 1. The maximum Gasteiger partial charge on any atom is 0.276 e. The number of halogens is 3. The Balaban J connectivity index is 1.97. The van der Waals surface area contributed by atoms with Crippen molar-refractivity contribution in [2.75, 3.05) is 23.5 Å². The number of nitrogens with two attached hydrogens (primary N) is 2. The Bertz CT molecular complexity index is 1090. The summed E-state index contributed by atoms with van der Waals surface area (Å²) in [6.07, 6.45) is 2.65. The van der Waals surface area contributed by atoms with Gasteiger partial charge in [0, 0.05) is 31.5 Å². The number of rotatable bonds is 7. The highest BCUT2D eigenvalue weighted by atomic mass is 127. The van der Waals surface area contributed by atoms with Gasteiger partial charge in [-0.25, -0.2) is 4.98 Å². The van der Waals surface area contributed by atoms with Crippen LogP contribution < -0.4 is 26.8 Å². The van der Waals surface area contributed by atoms with E-state index < -0.39 is 12.0 Å². The maximum absolute atomic E-state index is 13.1. The minimum atomic E-state index is -0.473. The second kappa shape index (κ2) is 11.0. The van der Waals surface area contributed by atoms with E-state index >= 15 is 0 Å². The fourth-order valence-electron chi connectivity index (χ4n) is 2.73. The first-order chi connectivity index (χ1) is 14.8. The summed E-state index contributed by atoms with van der Waals surface area (Å²) >= 11 is 10.3. The van der Waals surface area contributed by atoms with Gasteiger partial charge >= 0.3 is 0 Å². The zero-order valence-corrected chi connectivity index (χ0v) is 22.3. The molecule has 0 fully saturated rings. The summed E-state index contributed by atoms with van der Waals surface area (Å²) in [5, 5.41) is 3.76. The van der Waals surface area contributed by atoms with Gasteiger partial charge in [-0.05, 0) is 62.6 Å². The van der Waals surface area contributed by atoms with Crippen molar-refractivity contribution in [3.8, 4) is 17.0 Å². The molecule has 0 bridgehead atoms. The quantitative estimate of drug-likeness (QED) is 0.200. The summed E-state index contributed by atoms with van der Waals surface area (Å²) in [5.41, 5.74) is 14.2. The van der Waals surface area contributed by atoms with E-state index in [1.807, 2.05) is 18.2 Å². The molecule has 0 saturated heterocycles. The van der Waals surface area contributed by atoms with Gasteiger partial charge in [0.2, 0.25) is 0 Å². The number of hydrogen-bond acceptors (Lipinski definition) is 6. The Labute approximate surface area is 214 Å². The summed E-state index contributed by atoms with van der Waals surface area (Å²) in [6.45, 7) is 0.237. The number of pyridine rings is 2. The van der Waals surface area contributed by atoms with Gasteiger partial charge in [-0.1, -0.05) is 12.1 Å². The predicted molar refractivity (Wildman–Crippen MR) is 145 cm³/mol. The molecule has 0 spiro atoms. The largest absolute Gasteiger partial charge is 0.486 e. The molecule has 7 nitrogen and oxygen atoms in total. The van der Waals surface area contributed by atoms with E-state index in [0.717, 1.165) is 18.0 Å². The van der Waals surface area contributed by atoms with Crippen LogP contribution in [0.5, 0.6) is 5.75 Å². The second-order valence-corrected chi connectivity index (χ2v) is 9.67. The smallest absolute Gasteiger partial charge is 0.276 e. The van der Waals surface area contributed by atoms with Crippen molar-refractivity contribution in [2.45, 2.75) is 6.10 Å². The molecule has 11 heteroatoms. The summed E-state index contributed by atoms with van der Waals surface area (Å²) < 4.78 is 7.65. The fourth-order valence-corrected chi connectivity index (χ4v) is 5.12. The molecule has 1 amide bonds. The number of aromatic nitrogens is 2. The van der Waals surface area contributed by atoms with E-state index in [2.05, 4.69) is 69.7 Å². The van der Waals surface area contributed by atoms with Crippen molar-refractivity contribution in [1.29, 1.82) is 0 Å². The summed E-state index contributed by atoms with van der Waals surface area (Å²) in [7, 11) is 2.70. The van der Waals surface area contributed by atoms with E-state index in [9.17, 15) is 4.79 Å². The van der Waals surface area contributed by atoms with Crippen LogP contribution in [-0.4, -0.2) is 34.4 Å². The molecule has 31 heavy (non-hydrogen) atoms. The van der Waals surface area contributed by atoms with E-state index in [-0.39, 0.29) is 23.8 Å². The third-order valence-corrected chi connectivity index (χ3v) is 6.81. The number of nitrogens with zero attached hydrogens (tertiary/aromatic N) is 2. The van der Waals surface area contributed by atoms with Gasteiger partial charge in [-0.15, -0.1) is 20.8 Å². The molecule has 2 atom stereocenters. The first-order valence-electron chi connectivity index (χ1n) is 9.04. The zero-order chi connectivity index (χ0) is 22.5. The molecule has 162 valence electrons. The monoisotopic (exact) mass is 681 g/mol. The first kappa shape index (κ1) is 24.4. The molecule has 3 aromatic rings. The molecule has 2 unspecified atom stereocenters. The van der Waals surface area contributed by atoms with Crippen LogP contribution in [0.1, 0.15) is 10.5 Å². The van der Waals surface area contributed by atoms with Crippen molar-refractivity contribution in [3.63, 3.8) is 0 Å². The van der Waals surface area contributed by atoms with Gasteiger partial charge < -0.3 is 21.5 Å². The van der Waals surface area contributed by atoms with Crippen LogP contribution in [0.3, 0.4) is 0 Å². The fraction of sp³-hybridized carbons (Fsp3) is 0.150. The molecule has 0 radical (unpaired) electrons. The lowest BCUT2D eigenvalue weighted by Crippen LogP contribution is -2.28. The first-order valence-corrected chi connectivity index (χ1v) is 12.3. The summed E-state index contributed by atoms with van der Waals surface area (Å²) in [6, 6.07) is 9.30. The highest BCUT2D eigenvalue weighted by Crippen LogP contribution is 2.31. The lowest BCUT2D eigenvalue weighted by Gasteiger charge is -2.18. The van der Waals surface area contributed by atoms with Gasteiger partial charge in [-0.2, -0.15) is 0 Å². The molecule has 0 aliphatic carbocycles. The number of nitrogens with one attached hydrogen (secondary N) is 1. The highest BCUT2D eigenvalue weighted by molar-refractivity contribution is 14.1. The van der Waals surface area contributed by atoms with E-state index in [1.54, 1.807) is 18.3 Å². The Hall–Kier alpha value is -1.27. The summed E-state index contributed by atoms with van der Waals surface area (Å²) in [5.74, 6) is 0.155. The van der Waals surface area contributed by atoms with E-state index in [1.165, 1.54) is 6.20 Å². The van der Waals surface area contributed by atoms with Crippen molar-refractivity contribution in [1.82, 2.24) is 9.97 Å². The van der Waals surface area contributed by atoms with Crippen LogP contribution in [-0.2, 0) is 0 Å². The number of carbonyl (C=O) groups is 1. The molecule has 1 aromatic carbocycles. The number of hydrogen-bond donors (Lipinski definition) is 3. The average Bonchev–Trinajstić information content (AvgIpc) is 2.74. The van der Waals surface area contributed by atoms with E-state index in [4.69, 9.17) is 27.8 Å². The number of benzene rings is 1. The minimum Gasteiger partial charge on any atom is -0.486 e. The number of amides is 1. The summed E-state index contributed by atoms with van der Waals surface area (Å²) in [4.78, 5) is 21.8. The van der Waals surface area contributed by atoms with Crippen molar-refractivity contribution in [3.05, 3.63) is 55.6 Å². The van der Waals surface area contributed by atoms with Crippen molar-refractivity contribution >= 4 is 88.6 Å². The highest BCUT2D eigenvalue weighted by Gasteiger charge is 2.20. The molecular weight excluding hydrogens is 662 g/mol. The lowest BCUT2D eigenvalue weighted by molar-refractivity contribution is 0.102. The van der Waals surface area contributed by atoms with Gasteiger partial charge in [0.1, 0.15) is 17.5 Å². The molecule has 0 aliphatic heterocycles. The Kier molecular flexibility index (Phi) is 8.68. The van der Waals surface area contributed by atoms with Crippen molar-refractivity contribution < 1.29 is 9.53 Å². The number of carbonyl (C=O) groups excluding carboxylic acids is 1. The zero-order valence-electron chi connectivity index (χ0n) is 16.1. The molecule has 5 N–H and O–H groups in total. The SMILES string of the molecule is NCC(CCl)Oc1ccncc1NC(=O)c1nc(-c2c(P)cccc2I)c(I)cc1N. The van der Waals surface area contributed by atoms with Crippen molar-refractivity contribution in [2.24, 2.45) is 5.73 Å². The van der Waals surface area contributed by atoms with E-state index in [0.29, 0.717) is 17.1 Å². The third kappa shape index (κ3) is 5.75. The number of alkyl halides is 1. The Morgan fingerprint density at radius 1 is 1.29 bits per heavy atom. The number of anilines is 2. The molecule has 2 aromatic heterocycles. The minimum absolute atomic E-state index is 0.113. The van der Waals surface area contributed by atoms with Gasteiger partial charge in [0.05, 0.1) is 23.5 Å². The third-order valence-electron chi connectivity index (χ3n) is 4.26. The van der Waals surface area contributed by atoms with Gasteiger partial charge in [0.25, 0.3) is 5.91 Å². The van der Waals surface area contributed by atoms with Crippen LogP contribution in [0.4, 0.5) is 11.4 Å². The Morgan fingerprint density at radius 3 is 2.74 bits per heavy atom. The standard InChI is InChI=1S/C20H19ClI2N5O2P/c21-7-10(8-24)30-15-4-5-26-9-14(15)27-20(29)19-13(25)6-12(23)18(28-19)17-11(22)2-1-3-16(17)31/h1-6,9-10H,7-8,24-25,31H2,(H,27,29). The van der Waals surface area contributed by atoms with Gasteiger partial charge in [0.15, 0.2) is 5.69 Å². The normalized spacial score (nSPS) is 11.8. The second-order valence-electron chi connectivity index (χ2n) is 6.42. The average molecular weight is 682 g/mol. The lowest BCUT2D eigenvalue weighted by atomic mass is 10.1. The number of nitrogen functional groups attached to an aromatic ring is 1. The topological polar surface area (TPSA) is 116 Å². The van der Waals surface area contributed by atoms with Crippen LogP contribution >= 0.6 is 66.0 Å². The molecule has 0 saturated carbocycles. The van der Waals surface area contributed by atoms with Crippen LogP contribution in [0.25, 0.3) is 11.3 Å². The maximum atomic E-state index is 13.1. The van der Waals surface area contributed by atoms with Crippen LogP contribution in [0.2, 0.25) is 0 Å². The predicted octanol–water partition coefficient (Wildman–Crippen LogP) is 3.63. The molecule has 0 aliphatic rings. The van der Waals surface area contributed by atoms with Crippen LogP contribution in [0, 0.1) is 7.14 Å². The van der Waals surface area contributed by atoms with Crippen LogP contribution in [0.15, 0.2) is 42.7 Å². The molecule has 2 heterocycles.